The van der Waals surface area contributed by atoms with Crippen molar-refractivity contribution < 1.29 is 18.7 Å². The van der Waals surface area contributed by atoms with Crippen LogP contribution in [0.2, 0.25) is 0 Å². The topological polar surface area (TPSA) is 63.9 Å². The molecule has 2 heterocycles. The summed E-state index contributed by atoms with van der Waals surface area (Å²) in [6.07, 6.45) is 3.04. The summed E-state index contributed by atoms with van der Waals surface area (Å²) in [5.74, 6) is 1.63. The van der Waals surface area contributed by atoms with Crippen LogP contribution in [0.25, 0.3) is 0 Å². The van der Waals surface area contributed by atoms with E-state index in [2.05, 4.69) is 5.32 Å². The van der Waals surface area contributed by atoms with E-state index in [9.17, 15) is 4.79 Å². The zero-order chi connectivity index (χ0) is 15.8. The van der Waals surface area contributed by atoms with Crippen LogP contribution in [0.1, 0.15) is 36.8 Å². The summed E-state index contributed by atoms with van der Waals surface area (Å²) in [6, 6.07) is 3.64. The number of nitrogens with zero attached hydrogens (tertiary/aromatic N) is 1. The molecule has 1 aliphatic rings. The van der Waals surface area contributed by atoms with E-state index < -0.39 is 0 Å². The van der Waals surface area contributed by atoms with Crippen molar-refractivity contribution in [2.75, 3.05) is 40.0 Å². The largest absolute Gasteiger partial charge is 0.464 e. The predicted octanol–water partition coefficient (Wildman–Crippen LogP) is 2.49. The van der Waals surface area contributed by atoms with Crippen LogP contribution in [-0.4, -0.2) is 51.0 Å². The lowest BCUT2D eigenvalue weighted by molar-refractivity contribution is 0.00409. The molecule has 1 aromatic heterocycles. The maximum absolute atomic E-state index is 12.4. The van der Waals surface area contributed by atoms with Crippen molar-refractivity contribution in [1.29, 1.82) is 0 Å². The predicted molar refractivity (Wildman–Crippen MR) is 82.8 cm³/mol. The van der Waals surface area contributed by atoms with Crippen molar-refractivity contribution in [3.8, 4) is 0 Å². The Kier molecular flexibility index (Phi) is 6.74. The molecule has 0 aliphatic carbocycles. The highest BCUT2D eigenvalue weighted by atomic mass is 16.5. The molecular formula is C16H26N2O4. The van der Waals surface area contributed by atoms with Gasteiger partial charge in [0, 0.05) is 26.8 Å². The van der Waals surface area contributed by atoms with Crippen molar-refractivity contribution in [3.05, 3.63) is 23.7 Å². The van der Waals surface area contributed by atoms with Crippen LogP contribution in [0.3, 0.4) is 0 Å². The summed E-state index contributed by atoms with van der Waals surface area (Å²) in [5.41, 5.74) is 0. The van der Waals surface area contributed by atoms with Crippen LogP contribution in [0, 0.1) is 6.92 Å². The van der Waals surface area contributed by atoms with Gasteiger partial charge in [-0.2, -0.15) is 0 Å². The van der Waals surface area contributed by atoms with E-state index in [4.69, 9.17) is 13.9 Å². The summed E-state index contributed by atoms with van der Waals surface area (Å²) in [7, 11) is 1.71. The van der Waals surface area contributed by atoms with Gasteiger partial charge in [-0.15, -0.1) is 0 Å². The normalized spacial score (nSPS) is 18.5. The lowest BCUT2D eigenvalue weighted by atomic mass is 10.2. The van der Waals surface area contributed by atoms with Gasteiger partial charge in [0.25, 0.3) is 0 Å². The van der Waals surface area contributed by atoms with E-state index in [1.54, 1.807) is 12.0 Å². The minimum atomic E-state index is -0.143. The van der Waals surface area contributed by atoms with Gasteiger partial charge in [0.1, 0.15) is 17.6 Å². The molecule has 2 amide bonds. The summed E-state index contributed by atoms with van der Waals surface area (Å²) in [6.45, 7) is 4.99. The Bertz CT molecular complexity index is 461. The molecule has 1 N–H and O–H groups in total. The molecule has 22 heavy (non-hydrogen) atoms. The number of unbranched alkanes of at least 4 members (excludes halogenated alkanes) is 2. The van der Waals surface area contributed by atoms with Crippen molar-refractivity contribution >= 4 is 6.03 Å². The van der Waals surface area contributed by atoms with E-state index >= 15 is 0 Å². The molecule has 1 atom stereocenters. The molecule has 6 nitrogen and oxygen atoms in total. The number of methoxy groups -OCH3 is 1. The Labute approximate surface area is 131 Å². The zero-order valence-electron chi connectivity index (χ0n) is 13.5. The molecule has 1 saturated heterocycles. The van der Waals surface area contributed by atoms with Crippen molar-refractivity contribution in [3.63, 3.8) is 0 Å². The molecule has 1 aromatic rings. The Balaban J connectivity index is 1.81. The number of hydrogen-bond donors (Lipinski definition) is 1. The molecule has 2 rings (SSSR count). The van der Waals surface area contributed by atoms with Crippen LogP contribution in [0.5, 0.6) is 0 Å². The van der Waals surface area contributed by atoms with E-state index in [1.807, 2.05) is 19.1 Å². The number of urea groups is 1. The molecule has 124 valence electrons. The van der Waals surface area contributed by atoms with Gasteiger partial charge in [0.2, 0.25) is 0 Å². The molecular weight excluding hydrogens is 284 g/mol. The Hall–Kier alpha value is -1.53. The first-order valence-corrected chi connectivity index (χ1v) is 7.90. The van der Waals surface area contributed by atoms with Crippen molar-refractivity contribution in [2.24, 2.45) is 0 Å². The Morgan fingerprint density at radius 3 is 3.00 bits per heavy atom. The first-order valence-electron chi connectivity index (χ1n) is 7.90. The van der Waals surface area contributed by atoms with Crippen LogP contribution in [0.4, 0.5) is 4.79 Å². The lowest BCUT2D eigenvalue weighted by Crippen LogP contribution is -2.48. The van der Waals surface area contributed by atoms with E-state index in [-0.39, 0.29) is 12.1 Å². The van der Waals surface area contributed by atoms with Gasteiger partial charge in [-0.05, 0) is 38.3 Å². The number of morpholine rings is 1. The number of rotatable bonds is 7. The fraction of sp³-hybridized carbons (Fsp3) is 0.688. The molecule has 0 unspecified atom stereocenters. The number of hydrogen-bond acceptors (Lipinski definition) is 4. The second-order valence-corrected chi connectivity index (χ2v) is 5.52. The molecule has 0 aromatic carbocycles. The van der Waals surface area contributed by atoms with Crippen LogP contribution < -0.4 is 5.32 Å². The average molecular weight is 310 g/mol. The number of furan rings is 1. The first kappa shape index (κ1) is 16.8. The maximum atomic E-state index is 12.4. The van der Waals surface area contributed by atoms with Gasteiger partial charge >= 0.3 is 6.03 Å². The third-order valence-electron chi connectivity index (χ3n) is 3.78. The van der Waals surface area contributed by atoms with Gasteiger partial charge in [0.05, 0.1) is 13.2 Å². The van der Waals surface area contributed by atoms with Gasteiger partial charge in [-0.1, -0.05) is 0 Å². The second kappa shape index (κ2) is 8.80. The number of amides is 2. The second-order valence-electron chi connectivity index (χ2n) is 5.52. The van der Waals surface area contributed by atoms with Gasteiger partial charge in [-0.25, -0.2) is 4.79 Å². The smallest absolute Gasteiger partial charge is 0.318 e. The van der Waals surface area contributed by atoms with Crippen LogP contribution in [0.15, 0.2) is 16.5 Å². The monoisotopic (exact) mass is 310 g/mol. The number of nitrogens with one attached hydrogen (secondary N) is 1. The first-order chi connectivity index (χ1) is 10.7. The maximum Gasteiger partial charge on any atom is 0.318 e. The van der Waals surface area contributed by atoms with Gasteiger partial charge in [0.15, 0.2) is 0 Å². The number of carbonyl (C=O) groups excluding carboxylic acids is 1. The number of aryl methyl sites for hydroxylation is 1. The van der Waals surface area contributed by atoms with Gasteiger partial charge < -0.3 is 24.1 Å². The molecule has 0 saturated carbocycles. The third-order valence-corrected chi connectivity index (χ3v) is 3.78. The minimum Gasteiger partial charge on any atom is -0.464 e. The summed E-state index contributed by atoms with van der Waals surface area (Å²) in [5, 5.41) is 2.98. The molecule has 0 bridgehead atoms. The summed E-state index contributed by atoms with van der Waals surface area (Å²) >= 11 is 0. The van der Waals surface area contributed by atoms with Crippen LogP contribution >= 0.6 is 0 Å². The van der Waals surface area contributed by atoms with E-state index in [0.717, 1.165) is 37.4 Å². The summed E-state index contributed by atoms with van der Waals surface area (Å²) < 4.78 is 16.2. The molecule has 1 fully saturated rings. The Morgan fingerprint density at radius 2 is 2.27 bits per heavy atom. The highest BCUT2D eigenvalue weighted by molar-refractivity contribution is 5.74. The quantitative estimate of drug-likeness (QED) is 0.786. The fourth-order valence-corrected chi connectivity index (χ4v) is 2.56. The van der Waals surface area contributed by atoms with Gasteiger partial charge in [-0.3, -0.25) is 0 Å². The molecule has 0 spiro atoms. The summed E-state index contributed by atoms with van der Waals surface area (Å²) in [4.78, 5) is 14.2. The highest BCUT2D eigenvalue weighted by Gasteiger charge is 2.30. The molecule has 1 aliphatic heterocycles. The Morgan fingerprint density at radius 1 is 1.41 bits per heavy atom. The van der Waals surface area contributed by atoms with Crippen LogP contribution in [-0.2, 0) is 9.47 Å². The van der Waals surface area contributed by atoms with Crippen molar-refractivity contribution in [2.45, 2.75) is 32.2 Å². The third kappa shape index (κ3) is 4.74. The fourth-order valence-electron chi connectivity index (χ4n) is 2.56. The lowest BCUT2D eigenvalue weighted by Gasteiger charge is -2.34. The highest BCUT2D eigenvalue weighted by Crippen LogP contribution is 2.25. The zero-order valence-corrected chi connectivity index (χ0v) is 13.5. The average Bonchev–Trinajstić information content (AvgIpc) is 2.97. The minimum absolute atomic E-state index is 0.0471. The number of ether oxygens (including phenoxy) is 2. The number of carbonyl (C=O) groups is 1. The standard InChI is InChI=1S/C16H26N2O4/c1-13-6-7-15(22-13)14-12-21-11-9-18(14)16(19)17-8-4-3-5-10-20-2/h6-7,14H,3-5,8-12H2,1-2H3,(H,17,19)/t14-/m1/s1. The van der Waals surface area contributed by atoms with Crippen molar-refractivity contribution in [1.82, 2.24) is 10.2 Å². The molecule has 0 radical (unpaired) electrons. The van der Waals surface area contributed by atoms with E-state index in [1.165, 1.54) is 0 Å². The molecule has 6 heteroatoms. The van der Waals surface area contributed by atoms with E-state index in [0.29, 0.717) is 26.3 Å². The SMILES string of the molecule is COCCCCCNC(=O)N1CCOC[C@@H]1c1ccc(C)o1.